The lowest BCUT2D eigenvalue weighted by molar-refractivity contribution is -0.385. The lowest BCUT2D eigenvalue weighted by Gasteiger charge is -2.11. The first-order chi connectivity index (χ1) is 17.4. The predicted molar refractivity (Wildman–Crippen MR) is 135 cm³/mol. The second-order valence-corrected chi connectivity index (χ2v) is 7.78. The average Bonchev–Trinajstić information content (AvgIpc) is 2.88. The van der Waals surface area contributed by atoms with Crippen LogP contribution in [0.4, 0.5) is 5.69 Å². The summed E-state index contributed by atoms with van der Waals surface area (Å²) in [5.74, 6) is -1.11. The summed E-state index contributed by atoms with van der Waals surface area (Å²) in [5.41, 5.74) is 2.71. The fourth-order valence-corrected chi connectivity index (χ4v) is 3.57. The Morgan fingerprint density at radius 2 is 1.67 bits per heavy atom. The number of amides is 1. The van der Waals surface area contributed by atoms with Crippen LogP contribution in [0, 0.1) is 10.1 Å². The summed E-state index contributed by atoms with van der Waals surface area (Å²) in [4.78, 5) is 35.4. The van der Waals surface area contributed by atoms with Crippen LogP contribution >= 0.6 is 11.6 Å². The van der Waals surface area contributed by atoms with Crippen molar-refractivity contribution in [2.45, 2.75) is 0 Å². The summed E-state index contributed by atoms with van der Waals surface area (Å²) in [6, 6.07) is 23.0. The van der Waals surface area contributed by atoms with Gasteiger partial charge >= 0.3 is 11.7 Å². The van der Waals surface area contributed by atoms with Crippen LogP contribution < -0.4 is 14.9 Å². The Morgan fingerprint density at radius 1 is 0.944 bits per heavy atom. The van der Waals surface area contributed by atoms with Gasteiger partial charge in [0.15, 0.2) is 12.4 Å². The molecule has 0 radical (unpaired) electrons. The number of para-hydroxylation sites is 2. The number of hydrazone groups is 1. The lowest BCUT2D eigenvalue weighted by Crippen LogP contribution is -2.24. The molecule has 0 fully saturated rings. The maximum absolute atomic E-state index is 12.7. The minimum Gasteiger partial charge on any atom is -0.477 e. The lowest BCUT2D eigenvalue weighted by atomic mass is 10.0. The van der Waals surface area contributed by atoms with Crippen molar-refractivity contribution in [1.29, 1.82) is 0 Å². The van der Waals surface area contributed by atoms with Crippen molar-refractivity contribution in [3.05, 3.63) is 111 Å². The highest BCUT2D eigenvalue weighted by Crippen LogP contribution is 2.28. The van der Waals surface area contributed by atoms with E-state index in [0.717, 1.165) is 10.8 Å². The number of halogens is 1. The zero-order valence-corrected chi connectivity index (χ0v) is 19.3. The van der Waals surface area contributed by atoms with E-state index in [1.807, 2.05) is 24.3 Å². The molecule has 36 heavy (non-hydrogen) atoms. The van der Waals surface area contributed by atoms with Crippen LogP contribution in [0.25, 0.3) is 10.8 Å². The smallest absolute Gasteiger partial charge is 0.345 e. The highest BCUT2D eigenvalue weighted by atomic mass is 35.5. The number of hydrogen-bond donors (Lipinski definition) is 1. The molecule has 0 heterocycles. The average molecular weight is 504 g/mol. The van der Waals surface area contributed by atoms with Crippen molar-refractivity contribution in [1.82, 2.24) is 5.43 Å². The third kappa shape index (κ3) is 5.65. The molecule has 4 aromatic rings. The van der Waals surface area contributed by atoms with Crippen molar-refractivity contribution in [3.8, 4) is 11.5 Å². The van der Waals surface area contributed by atoms with Gasteiger partial charge in [0.05, 0.1) is 21.7 Å². The van der Waals surface area contributed by atoms with Crippen molar-refractivity contribution < 1.29 is 24.0 Å². The second kappa shape index (κ2) is 11.1. The Labute approximate surface area is 210 Å². The number of ether oxygens (including phenoxy) is 2. The molecule has 0 spiro atoms. The van der Waals surface area contributed by atoms with E-state index in [1.54, 1.807) is 42.5 Å². The number of benzene rings is 4. The van der Waals surface area contributed by atoms with Crippen molar-refractivity contribution in [3.63, 3.8) is 0 Å². The molecular formula is C26H18ClN3O6. The molecule has 9 nitrogen and oxygen atoms in total. The third-order valence-electron chi connectivity index (χ3n) is 5.03. The largest absolute Gasteiger partial charge is 0.477 e. The maximum Gasteiger partial charge on any atom is 0.345 e. The van der Waals surface area contributed by atoms with Crippen molar-refractivity contribution in [2.75, 3.05) is 6.61 Å². The number of carbonyl (C=O) groups excluding carboxylic acids is 2. The minimum atomic E-state index is -0.646. The molecule has 4 aromatic carbocycles. The van der Waals surface area contributed by atoms with Crippen LogP contribution in [0.5, 0.6) is 11.5 Å². The number of carbonyl (C=O) groups is 2. The summed E-state index contributed by atoms with van der Waals surface area (Å²) in [6.07, 6.45) is 1.35. The zero-order chi connectivity index (χ0) is 25.5. The second-order valence-electron chi connectivity index (χ2n) is 7.37. The fraction of sp³-hybridized carbons (Fsp3) is 0.0385. The SMILES string of the molecule is O=C(COc1ccccc1[N+](=O)[O-])N/N=C/c1c(OC(=O)c2ccccc2Cl)ccc2ccccc12. The van der Waals surface area contributed by atoms with Gasteiger partial charge in [-0.05, 0) is 35.0 Å². The third-order valence-corrected chi connectivity index (χ3v) is 5.36. The van der Waals surface area contributed by atoms with Crippen LogP contribution in [-0.4, -0.2) is 29.6 Å². The topological polar surface area (TPSA) is 120 Å². The van der Waals surface area contributed by atoms with Gasteiger partial charge in [-0.15, -0.1) is 0 Å². The summed E-state index contributed by atoms with van der Waals surface area (Å²) < 4.78 is 10.9. The number of nitrogens with one attached hydrogen (secondary N) is 1. The monoisotopic (exact) mass is 503 g/mol. The van der Waals surface area contributed by atoms with Crippen LogP contribution in [0.2, 0.25) is 5.02 Å². The summed E-state index contributed by atoms with van der Waals surface area (Å²) in [7, 11) is 0. The van der Waals surface area contributed by atoms with E-state index in [2.05, 4.69) is 10.5 Å². The summed E-state index contributed by atoms with van der Waals surface area (Å²) >= 11 is 6.12. The molecule has 0 aromatic heterocycles. The van der Waals surface area contributed by atoms with Gasteiger partial charge in [-0.3, -0.25) is 14.9 Å². The van der Waals surface area contributed by atoms with Crippen LogP contribution in [0.1, 0.15) is 15.9 Å². The molecule has 0 saturated heterocycles. The van der Waals surface area contributed by atoms with E-state index in [-0.39, 0.29) is 27.8 Å². The van der Waals surface area contributed by atoms with E-state index < -0.39 is 23.4 Å². The molecular weight excluding hydrogens is 486 g/mol. The van der Waals surface area contributed by atoms with E-state index in [9.17, 15) is 19.7 Å². The summed E-state index contributed by atoms with van der Waals surface area (Å²) in [5, 5.41) is 16.9. The van der Waals surface area contributed by atoms with Gasteiger partial charge in [-0.2, -0.15) is 5.10 Å². The Kier molecular flexibility index (Phi) is 7.52. The van der Waals surface area contributed by atoms with Gasteiger partial charge in [0.1, 0.15) is 5.75 Å². The highest BCUT2D eigenvalue weighted by Gasteiger charge is 2.17. The summed E-state index contributed by atoms with van der Waals surface area (Å²) in [6.45, 7) is -0.494. The number of nitro benzene ring substituents is 1. The van der Waals surface area contributed by atoms with Gasteiger partial charge in [0.2, 0.25) is 0 Å². The van der Waals surface area contributed by atoms with Crippen LogP contribution in [-0.2, 0) is 4.79 Å². The molecule has 1 N–H and O–H groups in total. The molecule has 0 saturated carbocycles. The Bertz CT molecular complexity index is 1490. The van der Waals surface area contributed by atoms with E-state index in [1.165, 1.54) is 24.4 Å². The number of esters is 1. The standard InChI is InChI=1S/C26H18ClN3O6/c27-21-10-4-3-9-19(21)26(32)36-23-14-13-17-7-1-2-8-18(17)20(23)15-28-29-25(31)16-35-24-12-6-5-11-22(24)30(33)34/h1-15H,16H2,(H,29,31)/b28-15+. The van der Waals surface area contributed by atoms with Crippen LogP contribution in [0.3, 0.4) is 0 Å². The molecule has 0 bridgehead atoms. The van der Waals surface area contributed by atoms with Gasteiger partial charge in [0, 0.05) is 11.6 Å². The first-order valence-corrected chi connectivity index (χ1v) is 11.0. The number of nitro groups is 1. The number of hydrogen-bond acceptors (Lipinski definition) is 7. The van der Waals surface area contributed by atoms with E-state index >= 15 is 0 Å². The maximum atomic E-state index is 12.7. The Balaban J connectivity index is 1.51. The Morgan fingerprint density at radius 3 is 2.47 bits per heavy atom. The molecule has 10 heteroatoms. The molecule has 0 aliphatic heterocycles. The van der Waals surface area contributed by atoms with Gasteiger partial charge in [0.25, 0.3) is 5.91 Å². The minimum absolute atomic E-state index is 0.0375. The molecule has 0 aliphatic rings. The molecule has 180 valence electrons. The number of rotatable bonds is 8. The van der Waals surface area contributed by atoms with E-state index in [4.69, 9.17) is 21.1 Å². The van der Waals surface area contributed by atoms with Crippen molar-refractivity contribution in [2.24, 2.45) is 5.10 Å². The van der Waals surface area contributed by atoms with Crippen LogP contribution in [0.15, 0.2) is 90.0 Å². The Hall–Kier alpha value is -4.76. The quantitative estimate of drug-likeness (QED) is 0.117. The molecule has 1 amide bonds. The van der Waals surface area contributed by atoms with E-state index in [0.29, 0.717) is 5.56 Å². The first-order valence-electron chi connectivity index (χ1n) is 10.6. The van der Waals surface area contributed by atoms with Crippen molar-refractivity contribution >= 4 is 46.2 Å². The number of nitrogens with zero attached hydrogens (tertiary/aromatic N) is 2. The van der Waals surface area contributed by atoms with Gasteiger partial charge in [-0.25, -0.2) is 10.2 Å². The normalized spacial score (nSPS) is 10.8. The molecule has 0 unspecified atom stereocenters. The first kappa shape index (κ1) is 24.4. The van der Waals surface area contributed by atoms with Gasteiger partial charge in [-0.1, -0.05) is 66.2 Å². The molecule has 4 rings (SSSR count). The zero-order valence-electron chi connectivity index (χ0n) is 18.6. The molecule has 0 atom stereocenters. The fourth-order valence-electron chi connectivity index (χ4n) is 3.35. The highest BCUT2D eigenvalue weighted by molar-refractivity contribution is 6.33. The predicted octanol–water partition coefficient (Wildman–Crippen LogP) is 5.15. The number of fused-ring (bicyclic) bond motifs is 1. The van der Waals surface area contributed by atoms with Gasteiger partial charge < -0.3 is 9.47 Å². The molecule has 0 aliphatic carbocycles.